The molecule has 27 heavy (non-hydrogen) atoms. The second-order valence-electron chi connectivity index (χ2n) is 6.13. The molecule has 0 bridgehead atoms. The molecule has 1 atom stereocenters. The van der Waals surface area contributed by atoms with Crippen LogP contribution in [0.5, 0.6) is 23.0 Å². The molecular formula is C21H22N2O4. The minimum Gasteiger partial charge on any atom is -0.508 e. The summed E-state index contributed by atoms with van der Waals surface area (Å²) in [7, 11) is 0. The molecule has 2 aromatic rings. The third-order valence-electron chi connectivity index (χ3n) is 4.27. The van der Waals surface area contributed by atoms with Crippen LogP contribution in [0.15, 0.2) is 47.9 Å². The molecule has 1 aliphatic heterocycles. The quantitative estimate of drug-likeness (QED) is 0.807. The van der Waals surface area contributed by atoms with Crippen LogP contribution in [0.4, 0.5) is 0 Å². The van der Waals surface area contributed by atoms with Gasteiger partial charge in [0.15, 0.2) is 11.5 Å². The van der Waals surface area contributed by atoms with Gasteiger partial charge in [0.1, 0.15) is 23.1 Å². The number of allylic oxidation sites excluding steroid dienone is 1. The van der Waals surface area contributed by atoms with E-state index in [4.69, 9.17) is 19.9 Å². The Balaban J connectivity index is 2.11. The van der Waals surface area contributed by atoms with Gasteiger partial charge in [-0.05, 0) is 37.1 Å². The summed E-state index contributed by atoms with van der Waals surface area (Å²) in [6.07, 6.45) is 0.891. The van der Waals surface area contributed by atoms with Gasteiger partial charge in [0.25, 0.3) is 0 Å². The van der Waals surface area contributed by atoms with Crippen molar-refractivity contribution in [2.45, 2.75) is 26.2 Å². The molecule has 6 heteroatoms. The summed E-state index contributed by atoms with van der Waals surface area (Å²) in [5.41, 5.74) is 7.87. The molecule has 3 rings (SSSR count). The van der Waals surface area contributed by atoms with Crippen LogP contribution in [0.3, 0.4) is 0 Å². The standard InChI is InChI=1S/C21H22N2O4/c1-3-9-26-17-8-5-13(10-19(17)25-4-2)20-15-7-6-14(24)11-18(15)27-21(23)16(20)12-22/h5-8,10-11,20,24H,3-4,9,23H2,1-2H3/t20-/m0/s1. The number of ether oxygens (including phenoxy) is 3. The maximum atomic E-state index is 9.75. The number of phenolic OH excluding ortho intramolecular Hbond substituents is 1. The second kappa shape index (κ2) is 7.92. The predicted molar refractivity (Wildman–Crippen MR) is 101 cm³/mol. The Kier molecular flexibility index (Phi) is 5.41. The molecular weight excluding hydrogens is 344 g/mol. The van der Waals surface area contributed by atoms with Crippen LogP contribution in [0.2, 0.25) is 0 Å². The summed E-state index contributed by atoms with van der Waals surface area (Å²) in [6, 6.07) is 12.5. The fourth-order valence-electron chi connectivity index (χ4n) is 3.09. The van der Waals surface area contributed by atoms with E-state index in [0.717, 1.165) is 17.5 Å². The van der Waals surface area contributed by atoms with Gasteiger partial charge in [-0.25, -0.2) is 0 Å². The average Bonchev–Trinajstić information content (AvgIpc) is 2.66. The van der Waals surface area contributed by atoms with Crippen molar-refractivity contribution >= 4 is 0 Å². The lowest BCUT2D eigenvalue weighted by Crippen LogP contribution is -2.21. The Morgan fingerprint density at radius 3 is 2.67 bits per heavy atom. The number of hydrogen-bond donors (Lipinski definition) is 2. The first-order valence-corrected chi connectivity index (χ1v) is 8.89. The van der Waals surface area contributed by atoms with Gasteiger partial charge in [-0.1, -0.05) is 19.1 Å². The number of nitrogens with two attached hydrogens (primary N) is 1. The maximum absolute atomic E-state index is 9.75. The molecule has 140 valence electrons. The molecule has 6 nitrogen and oxygen atoms in total. The van der Waals surface area contributed by atoms with Gasteiger partial charge >= 0.3 is 0 Å². The van der Waals surface area contributed by atoms with E-state index in [1.54, 1.807) is 12.1 Å². The zero-order valence-corrected chi connectivity index (χ0v) is 15.4. The highest BCUT2D eigenvalue weighted by molar-refractivity contribution is 5.58. The summed E-state index contributed by atoms with van der Waals surface area (Å²) in [4.78, 5) is 0. The Labute approximate surface area is 158 Å². The highest BCUT2D eigenvalue weighted by Crippen LogP contribution is 2.44. The topological polar surface area (TPSA) is 97.7 Å². The van der Waals surface area contributed by atoms with E-state index >= 15 is 0 Å². The van der Waals surface area contributed by atoms with Crippen LogP contribution in [0.25, 0.3) is 0 Å². The monoisotopic (exact) mass is 366 g/mol. The molecule has 2 aromatic carbocycles. The fourth-order valence-corrected chi connectivity index (χ4v) is 3.09. The molecule has 0 amide bonds. The van der Waals surface area contributed by atoms with Crippen LogP contribution < -0.4 is 19.9 Å². The molecule has 0 saturated carbocycles. The number of nitrogens with zero attached hydrogens (tertiary/aromatic N) is 1. The Morgan fingerprint density at radius 1 is 1.15 bits per heavy atom. The van der Waals surface area contributed by atoms with Gasteiger partial charge in [-0.3, -0.25) is 0 Å². The normalized spacial score (nSPS) is 15.5. The summed E-state index contributed by atoms with van der Waals surface area (Å²) >= 11 is 0. The maximum Gasteiger partial charge on any atom is 0.205 e. The van der Waals surface area contributed by atoms with E-state index in [1.807, 2.05) is 32.0 Å². The molecule has 0 fully saturated rings. The highest BCUT2D eigenvalue weighted by Gasteiger charge is 2.31. The molecule has 0 unspecified atom stereocenters. The van der Waals surface area contributed by atoms with Crippen molar-refractivity contribution in [1.29, 1.82) is 5.26 Å². The van der Waals surface area contributed by atoms with Gasteiger partial charge in [-0.15, -0.1) is 0 Å². The minimum absolute atomic E-state index is 0.0323. The summed E-state index contributed by atoms with van der Waals surface area (Å²) in [5, 5.41) is 19.4. The molecule has 3 N–H and O–H groups in total. The average molecular weight is 366 g/mol. The van der Waals surface area contributed by atoms with Gasteiger partial charge in [0.2, 0.25) is 5.88 Å². The second-order valence-corrected chi connectivity index (χ2v) is 6.13. The SMILES string of the molecule is CCCOc1ccc([C@@H]2C(C#N)=C(N)Oc3cc(O)ccc32)cc1OCC. The first kappa shape index (κ1) is 18.5. The number of fused-ring (bicyclic) bond motifs is 1. The summed E-state index contributed by atoms with van der Waals surface area (Å²) in [5.74, 6) is 1.39. The van der Waals surface area contributed by atoms with E-state index in [-0.39, 0.29) is 11.6 Å². The Morgan fingerprint density at radius 2 is 1.96 bits per heavy atom. The van der Waals surface area contributed by atoms with E-state index in [1.165, 1.54) is 6.07 Å². The van der Waals surface area contributed by atoms with Gasteiger partial charge in [0.05, 0.1) is 19.1 Å². The van der Waals surface area contributed by atoms with Crippen molar-refractivity contribution in [3.8, 4) is 29.1 Å². The zero-order chi connectivity index (χ0) is 19.4. The molecule has 0 saturated heterocycles. The van der Waals surface area contributed by atoms with Crippen molar-refractivity contribution in [3.63, 3.8) is 0 Å². The molecule has 0 radical (unpaired) electrons. The van der Waals surface area contributed by atoms with Crippen molar-refractivity contribution in [3.05, 3.63) is 59.0 Å². The third kappa shape index (κ3) is 3.63. The number of aromatic hydroxyl groups is 1. The number of benzene rings is 2. The zero-order valence-electron chi connectivity index (χ0n) is 15.4. The molecule has 1 aliphatic rings. The summed E-state index contributed by atoms with van der Waals surface area (Å²) in [6.45, 7) is 5.03. The number of rotatable bonds is 6. The number of phenols is 1. The van der Waals surface area contributed by atoms with Crippen LogP contribution in [-0.4, -0.2) is 18.3 Å². The lowest BCUT2D eigenvalue weighted by molar-refractivity contribution is 0.276. The highest BCUT2D eigenvalue weighted by atomic mass is 16.5. The fraction of sp³-hybridized carbons (Fsp3) is 0.286. The Bertz CT molecular complexity index is 915. The largest absolute Gasteiger partial charge is 0.508 e. The Hall–Kier alpha value is -3.33. The van der Waals surface area contributed by atoms with Crippen LogP contribution in [0.1, 0.15) is 37.3 Å². The lowest BCUT2D eigenvalue weighted by atomic mass is 9.83. The van der Waals surface area contributed by atoms with Crippen molar-refractivity contribution < 1.29 is 19.3 Å². The van der Waals surface area contributed by atoms with Crippen LogP contribution >= 0.6 is 0 Å². The predicted octanol–water partition coefficient (Wildman–Crippen LogP) is 3.80. The van der Waals surface area contributed by atoms with E-state index < -0.39 is 5.92 Å². The first-order chi connectivity index (χ1) is 13.1. The van der Waals surface area contributed by atoms with Gasteiger partial charge in [0, 0.05) is 11.6 Å². The first-order valence-electron chi connectivity index (χ1n) is 8.89. The number of nitriles is 1. The summed E-state index contributed by atoms with van der Waals surface area (Å²) < 4.78 is 17.0. The van der Waals surface area contributed by atoms with Crippen LogP contribution in [-0.2, 0) is 0 Å². The van der Waals surface area contributed by atoms with E-state index in [9.17, 15) is 10.4 Å². The third-order valence-corrected chi connectivity index (χ3v) is 4.27. The van der Waals surface area contributed by atoms with Crippen molar-refractivity contribution in [2.24, 2.45) is 5.73 Å². The van der Waals surface area contributed by atoms with Gasteiger partial charge < -0.3 is 25.1 Å². The van der Waals surface area contributed by atoms with Crippen molar-refractivity contribution in [1.82, 2.24) is 0 Å². The smallest absolute Gasteiger partial charge is 0.205 e. The lowest BCUT2D eigenvalue weighted by Gasteiger charge is -2.27. The number of hydrogen-bond acceptors (Lipinski definition) is 6. The van der Waals surface area contributed by atoms with E-state index in [2.05, 4.69) is 6.07 Å². The minimum atomic E-state index is -0.418. The molecule has 0 aliphatic carbocycles. The molecule has 0 spiro atoms. The molecule has 0 aromatic heterocycles. The van der Waals surface area contributed by atoms with Crippen LogP contribution in [0, 0.1) is 11.3 Å². The molecule has 1 heterocycles. The van der Waals surface area contributed by atoms with Crippen molar-refractivity contribution in [2.75, 3.05) is 13.2 Å². The van der Waals surface area contributed by atoms with Gasteiger partial charge in [-0.2, -0.15) is 5.26 Å². The van der Waals surface area contributed by atoms with E-state index in [0.29, 0.717) is 36.0 Å².